The third-order valence-corrected chi connectivity index (χ3v) is 4.99. The number of hydrogen-bond acceptors (Lipinski definition) is 4. The lowest BCUT2D eigenvalue weighted by Gasteiger charge is -2.13. The highest BCUT2D eigenvalue weighted by molar-refractivity contribution is 8.01. The van der Waals surface area contributed by atoms with Crippen LogP contribution in [0.1, 0.15) is 12.5 Å². The van der Waals surface area contributed by atoms with Gasteiger partial charge in [0.1, 0.15) is 5.75 Å². The Morgan fingerprint density at radius 3 is 2.54 bits per heavy atom. The van der Waals surface area contributed by atoms with Crippen molar-refractivity contribution in [3.05, 3.63) is 53.1 Å². The summed E-state index contributed by atoms with van der Waals surface area (Å²) in [5.74, 6) is 0.388. The molecule has 2 N–H and O–H groups in total. The largest absolute Gasteiger partial charge is 0.495 e. The summed E-state index contributed by atoms with van der Waals surface area (Å²) in [5.41, 5.74) is 2.40. The van der Waals surface area contributed by atoms with Gasteiger partial charge in [0.05, 0.1) is 23.1 Å². The van der Waals surface area contributed by atoms with Crippen molar-refractivity contribution < 1.29 is 14.3 Å². The van der Waals surface area contributed by atoms with E-state index in [-0.39, 0.29) is 22.8 Å². The lowest BCUT2D eigenvalue weighted by atomic mass is 10.2. The minimum atomic E-state index is -0.390. The number of aryl methyl sites for hydroxylation is 1. The highest BCUT2D eigenvalue weighted by Gasteiger charge is 2.16. The Morgan fingerprint density at radius 2 is 1.88 bits per heavy atom. The van der Waals surface area contributed by atoms with Crippen molar-refractivity contribution in [3.8, 4) is 5.75 Å². The zero-order chi connectivity index (χ0) is 19.1. The summed E-state index contributed by atoms with van der Waals surface area (Å²) in [6, 6.07) is 12.6. The fraction of sp³-hybridized carbons (Fsp3) is 0.263. The van der Waals surface area contributed by atoms with E-state index < -0.39 is 0 Å². The van der Waals surface area contributed by atoms with Gasteiger partial charge in [0.15, 0.2) is 0 Å². The van der Waals surface area contributed by atoms with Gasteiger partial charge >= 0.3 is 0 Å². The van der Waals surface area contributed by atoms with Crippen molar-refractivity contribution in [2.24, 2.45) is 0 Å². The van der Waals surface area contributed by atoms with Crippen LogP contribution >= 0.6 is 23.4 Å². The van der Waals surface area contributed by atoms with E-state index in [4.69, 9.17) is 16.3 Å². The molecule has 2 amide bonds. The topological polar surface area (TPSA) is 67.4 Å². The molecule has 0 radical (unpaired) electrons. The van der Waals surface area contributed by atoms with Crippen molar-refractivity contribution >= 4 is 46.6 Å². The predicted octanol–water partition coefficient (Wildman–Crippen LogP) is 4.36. The molecule has 2 aromatic rings. The molecule has 0 spiro atoms. The minimum absolute atomic E-state index is 0.146. The van der Waals surface area contributed by atoms with Crippen LogP contribution in [0.25, 0.3) is 0 Å². The second kappa shape index (κ2) is 9.50. The standard InChI is InChI=1S/C19H21ClN2O3S/c1-12-5-4-6-14(9-12)21-18(23)11-26-13(2)19(24)22-15-7-8-17(25-3)16(20)10-15/h4-10,13H,11H2,1-3H3,(H,21,23)(H,22,24). The van der Waals surface area contributed by atoms with Gasteiger partial charge in [-0.05, 0) is 49.7 Å². The van der Waals surface area contributed by atoms with E-state index in [2.05, 4.69) is 10.6 Å². The van der Waals surface area contributed by atoms with E-state index in [9.17, 15) is 9.59 Å². The first kappa shape index (κ1) is 20.1. The third kappa shape index (κ3) is 5.97. The monoisotopic (exact) mass is 392 g/mol. The van der Waals surface area contributed by atoms with Gasteiger partial charge in [-0.3, -0.25) is 9.59 Å². The van der Waals surface area contributed by atoms with Crippen molar-refractivity contribution in [2.75, 3.05) is 23.5 Å². The first-order valence-corrected chi connectivity index (χ1v) is 9.44. The maximum Gasteiger partial charge on any atom is 0.237 e. The van der Waals surface area contributed by atoms with Crippen LogP contribution in [0.4, 0.5) is 11.4 Å². The van der Waals surface area contributed by atoms with Crippen molar-refractivity contribution in [1.29, 1.82) is 0 Å². The molecule has 0 heterocycles. The number of rotatable bonds is 7. The van der Waals surface area contributed by atoms with Crippen molar-refractivity contribution in [2.45, 2.75) is 19.1 Å². The molecule has 0 aliphatic carbocycles. The van der Waals surface area contributed by atoms with Gasteiger partial charge in [-0.25, -0.2) is 0 Å². The molecule has 0 fully saturated rings. The van der Waals surface area contributed by atoms with Gasteiger partial charge in [-0.1, -0.05) is 23.7 Å². The summed E-state index contributed by atoms with van der Waals surface area (Å²) in [7, 11) is 1.53. The Morgan fingerprint density at radius 1 is 1.15 bits per heavy atom. The Kier molecular flexibility index (Phi) is 7.36. The average Bonchev–Trinajstić information content (AvgIpc) is 2.59. The average molecular weight is 393 g/mol. The number of methoxy groups -OCH3 is 1. The van der Waals surface area contributed by atoms with Crippen LogP contribution in [0.15, 0.2) is 42.5 Å². The first-order chi connectivity index (χ1) is 12.4. The highest BCUT2D eigenvalue weighted by atomic mass is 35.5. The molecule has 2 rings (SSSR count). The van der Waals surface area contributed by atoms with Crippen LogP contribution in [-0.2, 0) is 9.59 Å². The normalized spacial score (nSPS) is 11.5. The number of carbonyl (C=O) groups excluding carboxylic acids is 2. The zero-order valence-corrected chi connectivity index (χ0v) is 16.4. The van der Waals surface area contributed by atoms with Crippen molar-refractivity contribution in [3.63, 3.8) is 0 Å². The smallest absolute Gasteiger partial charge is 0.237 e. The third-order valence-electron chi connectivity index (χ3n) is 3.55. The van der Waals surface area contributed by atoms with Crippen LogP contribution in [0.5, 0.6) is 5.75 Å². The molecule has 0 aliphatic rings. The van der Waals surface area contributed by atoms with Crippen molar-refractivity contribution in [1.82, 2.24) is 0 Å². The van der Waals surface area contributed by atoms with Gasteiger partial charge in [-0.15, -0.1) is 11.8 Å². The van der Waals surface area contributed by atoms with Crippen LogP contribution in [0, 0.1) is 6.92 Å². The molecule has 1 unspecified atom stereocenters. The summed E-state index contributed by atoms with van der Waals surface area (Å²) in [6.45, 7) is 3.72. The molecule has 0 saturated heterocycles. The Balaban J connectivity index is 1.83. The Labute approximate surface area is 162 Å². The summed E-state index contributed by atoms with van der Waals surface area (Å²) in [6.07, 6.45) is 0. The summed E-state index contributed by atoms with van der Waals surface area (Å²) in [5, 5.41) is 5.64. The van der Waals surface area contributed by atoms with E-state index in [0.717, 1.165) is 11.3 Å². The van der Waals surface area contributed by atoms with Gasteiger partial charge in [0, 0.05) is 11.4 Å². The molecular formula is C19H21ClN2O3S. The lowest BCUT2D eigenvalue weighted by Crippen LogP contribution is -2.25. The highest BCUT2D eigenvalue weighted by Crippen LogP contribution is 2.27. The number of amides is 2. The van der Waals surface area contributed by atoms with Gasteiger partial charge < -0.3 is 15.4 Å². The maximum absolute atomic E-state index is 12.3. The summed E-state index contributed by atoms with van der Waals surface area (Å²) >= 11 is 7.31. The second-order valence-corrected chi connectivity index (χ2v) is 7.45. The number of halogens is 1. The predicted molar refractivity (Wildman–Crippen MR) is 108 cm³/mol. The number of hydrogen-bond donors (Lipinski definition) is 2. The van der Waals surface area contributed by atoms with Crippen LogP contribution in [-0.4, -0.2) is 29.9 Å². The molecule has 5 nitrogen and oxygen atoms in total. The molecule has 7 heteroatoms. The fourth-order valence-corrected chi connectivity index (χ4v) is 3.13. The molecule has 1 atom stereocenters. The van der Waals surface area contributed by atoms with E-state index >= 15 is 0 Å². The number of nitrogens with one attached hydrogen (secondary N) is 2. The molecule has 138 valence electrons. The molecule has 0 saturated carbocycles. The quantitative estimate of drug-likeness (QED) is 0.734. The Hall–Kier alpha value is -2.18. The molecule has 0 aromatic heterocycles. The SMILES string of the molecule is COc1ccc(NC(=O)C(C)SCC(=O)Nc2cccc(C)c2)cc1Cl. The van der Waals surface area contributed by atoms with E-state index in [0.29, 0.717) is 16.5 Å². The van der Waals surface area contributed by atoms with Gasteiger partial charge in [0.2, 0.25) is 11.8 Å². The lowest BCUT2D eigenvalue weighted by molar-refractivity contribution is -0.115. The number of thioether (sulfide) groups is 1. The molecule has 0 bridgehead atoms. The van der Waals surface area contributed by atoms with Gasteiger partial charge in [-0.2, -0.15) is 0 Å². The fourth-order valence-electron chi connectivity index (χ4n) is 2.18. The first-order valence-electron chi connectivity index (χ1n) is 8.01. The number of benzene rings is 2. The number of ether oxygens (including phenoxy) is 1. The van der Waals surface area contributed by atoms with E-state index in [1.807, 2.05) is 31.2 Å². The minimum Gasteiger partial charge on any atom is -0.495 e. The Bertz CT molecular complexity index is 798. The summed E-state index contributed by atoms with van der Waals surface area (Å²) < 4.78 is 5.08. The number of anilines is 2. The molecule has 2 aromatic carbocycles. The maximum atomic E-state index is 12.3. The molecule has 26 heavy (non-hydrogen) atoms. The number of carbonyl (C=O) groups is 2. The summed E-state index contributed by atoms with van der Waals surface area (Å²) in [4.78, 5) is 24.3. The van der Waals surface area contributed by atoms with Crippen LogP contribution in [0.3, 0.4) is 0 Å². The zero-order valence-electron chi connectivity index (χ0n) is 14.8. The van der Waals surface area contributed by atoms with Crippen LogP contribution < -0.4 is 15.4 Å². The van der Waals surface area contributed by atoms with E-state index in [1.165, 1.54) is 18.9 Å². The van der Waals surface area contributed by atoms with Gasteiger partial charge in [0.25, 0.3) is 0 Å². The van der Waals surface area contributed by atoms with E-state index in [1.54, 1.807) is 25.1 Å². The van der Waals surface area contributed by atoms with Crippen LogP contribution in [0.2, 0.25) is 5.02 Å². The molecular weight excluding hydrogens is 372 g/mol. The molecule has 0 aliphatic heterocycles. The second-order valence-electron chi connectivity index (χ2n) is 5.71.